The first-order chi connectivity index (χ1) is 9.24. The van der Waals surface area contributed by atoms with Crippen LogP contribution in [-0.4, -0.2) is 15.2 Å². The van der Waals surface area contributed by atoms with Crippen molar-refractivity contribution in [3.63, 3.8) is 0 Å². The summed E-state index contributed by atoms with van der Waals surface area (Å²) >= 11 is 0. The predicted molar refractivity (Wildman–Crippen MR) is 76.7 cm³/mol. The lowest BCUT2D eigenvalue weighted by molar-refractivity contribution is 1.04. The second kappa shape index (κ2) is 4.69. The molecule has 0 atom stereocenters. The van der Waals surface area contributed by atoms with Crippen molar-refractivity contribution in [2.75, 3.05) is 0 Å². The highest BCUT2D eigenvalue weighted by molar-refractivity contribution is 5.79. The van der Waals surface area contributed by atoms with Crippen molar-refractivity contribution in [2.24, 2.45) is 0 Å². The Bertz CT molecular complexity index is 679. The third kappa shape index (κ3) is 2.27. The molecule has 0 aliphatic rings. The largest absolute Gasteiger partial charge is 0.361 e. The molecule has 0 unspecified atom stereocenters. The molecule has 2 aromatic heterocycles. The van der Waals surface area contributed by atoms with Crippen LogP contribution in [0, 0.1) is 13.8 Å². The minimum Gasteiger partial charge on any atom is -0.361 e. The Balaban J connectivity index is 2.15. The van der Waals surface area contributed by atoms with Gasteiger partial charge in [-0.1, -0.05) is 17.2 Å². The van der Waals surface area contributed by atoms with E-state index in [1.165, 1.54) is 16.7 Å². The van der Waals surface area contributed by atoms with Crippen molar-refractivity contribution >= 4 is 0 Å². The van der Waals surface area contributed by atoms with Crippen molar-refractivity contribution in [2.45, 2.75) is 13.8 Å². The summed E-state index contributed by atoms with van der Waals surface area (Å²) in [7, 11) is 0. The van der Waals surface area contributed by atoms with Gasteiger partial charge in [-0.25, -0.2) is 0 Å². The molecule has 0 aliphatic heterocycles. The lowest BCUT2D eigenvalue weighted by Gasteiger charge is -2.06. The summed E-state index contributed by atoms with van der Waals surface area (Å²) < 4.78 is 0. The molecular weight excluding hydrogens is 234 g/mol. The van der Waals surface area contributed by atoms with E-state index in [1.54, 1.807) is 6.20 Å². The van der Waals surface area contributed by atoms with Crippen LogP contribution < -0.4 is 0 Å². The van der Waals surface area contributed by atoms with Gasteiger partial charge in [0.2, 0.25) is 0 Å². The van der Waals surface area contributed by atoms with Gasteiger partial charge in [-0.3, -0.25) is 0 Å². The lowest BCUT2D eigenvalue weighted by atomic mass is 10.0. The van der Waals surface area contributed by atoms with Gasteiger partial charge < -0.3 is 4.98 Å². The maximum absolute atomic E-state index is 4.18. The summed E-state index contributed by atoms with van der Waals surface area (Å²) in [6.45, 7) is 4.23. The van der Waals surface area contributed by atoms with E-state index in [9.17, 15) is 0 Å². The highest BCUT2D eigenvalue weighted by Gasteiger charge is 2.10. The first-order valence-electron chi connectivity index (χ1n) is 6.28. The summed E-state index contributed by atoms with van der Waals surface area (Å²) in [5.74, 6) is 0. The van der Waals surface area contributed by atoms with Gasteiger partial charge in [0, 0.05) is 18.0 Å². The summed E-state index contributed by atoms with van der Waals surface area (Å²) in [5.41, 5.74) is 6.76. The van der Waals surface area contributed by atoms with Gasteiger partial charge in [0.25, 0.3) is 0 Å². The minimum atomic E-state index is 0.887. The average Bonchev–Trinajstić information content (AvgIpc) is 2.88. The molecule has 0 bridgehead atoms. The summed E-state index contributed by atoms with van der Waals surface area (Å²) in [6, 6.07) is 12.5. The molecule has 0 saturated heterocycles. The fourth-order valence-corrected chi connectivity index (χ4v) is 2.39. The van der Waals surface area contributed by atoms with Crippen molar-refractivity contribution in [1.82, 2.24) is 15.2 Å². The van der Waals surface area contributed by atoms with Crippen molar-refractivity contribution in [3.05, 3.63) is 59.9 Å². The fraction of sp³-hybridized carbons (Fsp3) is 0.125. The number of benzene rings is 1. The zero-order chi connectivity index (χ0) is 13.2. The maximum atomic E-state index is 4.18. The second-order valence-electron chi connectivity index (χ2n) is 4.75. The monoisotopic (exact) mass is 249 g/mol. The molecule has 1 aromatic carbocycles. The Hall–Kier alpha value is -2.42. The molecule has 0 aliphatic carbocycles. The van der Waals surface area contributed by atoms with Gasteiger partial charge in [0.1, 0.15) is 0 Å². The van der Waals surface area contributed by atoms with Crippen LogP contribution in [0.15, 0.2) is 48.8 Å². The Kier molecular flexibility index (Phi) is 2.88. The van der Waals surface area contributed by atoms with Crippen LogP contribution in [0.5, 0.6) is 0 Å². The van der Waals surface area contributed by atoms with E-state index < -0.39 is 0 Å². The van der Waals surface area contributed by atoms with Crippen LogP contribution in [0.2, 0.25) is 0 Å². The first-order valence-corrected chi connectivity index (χ1v) is 6.28. The van der Waals surface area contributed by atoms with Gasteiger partial charge in [0.05, 0.1) is 11.4 Å². The molecule has 3 nitrogen and oxygen atoms in total. The van der Waals surface area contributed by atoms with Gasteiger partial charge in [-0.15, -0.1) is 0 Å². The number of aromatic amines is 1. The van der Waals surface area contributed by atoms with Crippen molar-refractivity contribution in [1.29, 1.82) is 0 Å². The molecule has 19 heavy (non-hydrogen) atoms. The standard InChI is InChI=1S/C16H15N3/c1-11-8-12(2)10-13(9-11)16-14(5-7-17-16)15-4-3-6-18-19-15/h3-10,17H,1-2H3. The zero-order valence-electron chi connectivity index (χ0n) is 11.0. The van der Waals surface area contributed by atoms with Crippen LogP contribution in [0.4, 0.5) is 0 Å². The maximum Gasteiger partial charge on any atom is 0.0951 e. The quantitative estimate of drug-likeness (QED) is 0.751. The second-order valence-corrected chi connectivity index (χ2v) is 4.75. The predicted octanol–water partition coefficient (Wildman–Crippen LogP) is 3.76. The number of nitrogens with one attached hydrogen (secondary N) is 1. The topological polar surface area (TPSA) is 41.6 Å². The Morgan fingerprint density at radius 1 is 1.00 bits per heavy atom. The molecule has 0 saturated carbocycles. The zero-order valence-corrected chi connectivity index (χ0v) is 11.0. The number of hydrogen-bond acceptors (Lipinski definition) is 2. The molecule has 0 radical (unpaired) electrons. The summed E-state index contributed by atoms with van der Waals surface area (Å²) in [4.78, 5) is 3.31. The number of aryl methyl sites for hydroxylation is 2. The molecule has 0 fully saturated rings. The normalized spacial score (nSPS) is 10.6. The number of hydrogen-bond donors (Lipinski definition) is 1. The van der Waals surface area contributed by atoms with Crippen molar-refractivity contribution < 1.29 is 0 Å². The molecule has 3 rings (SSSR count). The first kappa shape index (κ1) is 11.7. The number of H-pyrrole nitrogens is 1. The Morgan fingerprint density at radius 2 is 1.79 bits per heavy atom. The molecular formula is C16H15N3. The molecule has 2 heterocycles. The fourth-order valence-electron chi connectivity index (χ4n) is 2.39. The molecule has 3 aromatic rings. The molecule has 94 valence electrons. The van der Waals surface area contributed by atoms with Crippen LogP contribution in [-0.2, 0) is 0 Å². The number of aromatic nitrogens is 3. The van der Waals surface area contributed by atoms with Gasteiger partial charge in [-0.2, -0.15) is 10.2 Å². The van der Waals surface area contributed by atoms with E-state index in [-0.39, 0.29) is 0 Å². The van der Waals surface area contributed by atoms with E-state index >= 15 is 0 Å². The Labute approximate surface area is 112 Å². The van der Waals surface area contributed by atoms with Crippen LogP contribution in [0.1, 0.15) is 11.1 Å². The lowest BCUT2D eigenvalue weighted by Crippen LogP contribution is -1.88. The minimum absolute atomic E-state index is 0.887. The molecule has 0 spiro atoms. The number of nitrogens with zero attached hydrogens (tertiary/aromatic N) is 2. The van der Waals surface area contributed by atoms with Crippen LogP contribution >= 0.6 is 0 Å². The molecule has 3 heteroatoms. The van der Waals surface area contributed by atoms with Gasteiger partial charge >= 0.3 is 0 Å². The van der Waals surface area contributed by atoms with Crippen molar-refractivity contribution in [3.8, 4) is 22.5 Å². The van der Waals surface area contributed by atoms with E-state index in [2.05, 4.69) is 47.2 Å². The van der Waals surface area contributed by atoms with E-state index in [4.69, 9.17) is 0 Å². The smallest absolute Gasteiger partial charge is 0.0951 e. The van der Waals surface area contributed by atoms with Gasteiger partial charge in [-0.05, 0) is 49.7 Å². The van der Waals surface area contributed by atoms with Crippen LogP contribution in [0.25, 0.3) is 22.5 Å². The highest BCUT2D eigenvalue weighted by Crippen LogP contribution is 2.30. The van der Waals surface area contributed by atoms with E-state index in [0.717, 1.165) is 17.0 Å². The highest BCUT2D eigenvalue weighted by atomic mass is 15.1. The van der Waals surface area contributed by atoms with E-state index in [1.807, 2.05) is 24.4 Å². The molecule has 0 amide bonds. The molecule has 1 N–H and O–H groups in total. The van der Waals surface area contributed by atoms with Gasteiger partial charge in [0.15, 0.2) is 0 Å². The Morgan fingerprint density at radius 3 is 2.47 bits per heavy atom. The SMILES string of the molecule is Cc1cc(C)cc(-c2[nH]ccc2-c2cccnn2)c1. The summed E-state index contributed by atoms with van der Waals surface area (Å²) in [5, 5.41) is 8.13. The van der Waals surface area contributed by atoms with Crippen LogP contribution in [0.3, 0.4) is 0 Å². The average molecular weight is 249 g/mol. The van der Waals surface area contributed by atoms with E-state index in [0.29, 0.717) is 0 Å². The number of rotatable bonds is 2. The summed E-state index contributed by atoms with van der Waals surface area (Å²) in [6.07, 6.45) is 3.63. The third-order valence-corrected chi connectivity index (χ3v) is 3.11. The third-order valence-electron chi connectivity index (χ3n) is 3.11.